The number of nitrogens with zero attached hydrogens (tertiary/aromatic N) is 1. The van der Waals surface area contributed by atoms with Gasteiger partial charge in [0.05, 0.1) is 5.69 Å². The minimum atomic E-state index is -0.509. The van der Waals surface area contributed by atoms with Crippen molar-refractivity contribution >= 4 is 38.3 Å². The van der Waals surface area contributed by atoms with Gasteiger partial charge in [-0.05, 0) is 37.5 Å². The van der Waals surface area contributed by atoms with Crippen molar-refractivity contribution in [3.05, 3.63) is 39.1 Å². The Bertz CT molecular complexity index is 668. The largest absolute Gasteiger partial charge is 0.481 e. The van der Waals surface area contributed by atoms with Gasteiger partial charge in [-0.2, -0.15) is 0 Å². The second kappa shape index (κ2) is 6.11. The number of anilines is 1. The maximum absolute atomic E-state index is 13.5. The third-order valence-corrected chi connectivity index (χ3v) is 4.66. The number of hydrogen-bond donors (Lipinski definition) is 1. The topological polar surface area (TPSA) is 51.2 Å². The van der Waals surface area contributed by atoms with Crippen molar-refractivity contribution in [1.82, 2.24) is 4.98 Å². The van der Waals surface area contributed by atoms with Crippen LogP contribution < -0.4 is 10.1 Å². The van der Waals surface area contributed by atoms with Gasteiger partial charge in [0.25, 0.3) is 5.91 Å². The van der Waals surface area contributed by atoms with E-state index >= 15 is 0 Å². The van der Waals surface area contributed by atoms with Crippen molar-refractivity contribution in [3.8, 4) is 5.75 Å². The van der Waals surface area contributed by atoms with E-state index in [2.05, 4.69) is 26.2 Å². The Morgan fingerprint density at radius 3 is 3.10 bits per heavy atom. The van der Waals surface area contributed by atoms with Crippen LogP contribution in [0.2, 0.25) is 0 Å². The third kappa shape index (κ3) is 3.41. The molecule has 1 amide bonds. The number of amides is 1. The van der Waals surface area contributed by atoms with E-state index in [0.29, 0.717) is 9.60 Å². The molecule has 0 unspecified atom stereocenters. The Balaban J connectivity index is 1.56. The molecule has 0 atom stereocenters. The molecule has 0 saturated carbocycles. The first-order valence-electron chi connectivity index (χ1n) is 6.48. The van der Waals surface area contributed by atoms with Crippen molar-refractivity contribution in [2.45, 2.75) is 19.3 Å². The van der Waals surface area contributed by atoms with E-state index < -0.39 is 5.82 Å². The van der Waals surface area contributed by atoms with Crippen molar-refractivity contribution in [2.75, 3.05) is 11.9 Å². The number of carbonyl (C=O) groups excluding carboxylic acids is 1. The summed E-state index contributed by atoms with van der Waals surface area (Å²) in [6, 6.07) is 4.42. The van der Waals surface area contributed by atoms with Crippen LogP contribution in [0, 0.1) is 5.82 Å². The number of aryl methyl sites for hydroxylation is 2. The quantitative estimate of drug-likeness (QED) is 0.895. The molecule has 0 saturated heterocycles. The van der Waals surface area contributed by atoms with Gasteiger partial charge in [-0.3, -0.25) is 10.1 Å². The summed E-state index contributed by atoms with van der Waals surface area (Å²) in [6.45, 7) is -0.247. The minimum absolute atomic E-state index is 0.0509. The fraction of sp³-hybridized carbons (Fsp3) is 0.286. The number of rotatable bonds is 4. The van der Waals surface area contributed by atoms with E-state index in [1.807, 2.05) is 0 Å². The first-order chi connectivity index (χ1) is 10.1. The number of halogens is 2. The molecule has 1 heterocycles. The van der Waals surface area contributed by atoms with E-state index in [1.54, 1.807) is 6.07 Å². The van der Waals surface area contributed by atoms with E-state index in [1.165, 1.54) is 28.3 Å². The molecule has 1 aliphatic carbocycles. The number of nitrogens with one attached hydrogen (secondary N) is 1. The third-order valence-electron chi connectivity index (χ3n) is 3.09. The number of thiazole rings is 1. The summed E-state index contributed by atoms with van der Waals surface area (Å²) in [5, 5.41) is 3.27. The highest BCUT2D eigenvalue weighted by Gasteiger charge is 2.18. The molecule has 1 aromatic heterocycles. The summed E-state index contributed by atoms with van der Waals surface area (Å²) in [6.07, 6.45) is 3.14. The molecule has 1 N–H and O–H groups in total. The summed E-state index contributed by atoms with van der Waals surface area (Å²) in [7, 11) is 0. The number of hydrogen-bond acceptors (Lipinski definition) is 4. The highest BCUT2D eigenvalue weighted by molar-refractivity contribution is 9.10. The van der Waals surface area contributed by atoms with Crippen LogP contribution in [0.4, 0.5) is 9.52 Å². The van der Waals surface area contributed by atoms with Crippen LogP contribution in [0.15, 0.2) is 22.7 Å². The zero-order valence-corrected chi connectivity index (χ0v) is 13.4. The molecule has 3 rings (SSSR count). The van der Waals surface area contributed by atoms with Crippen molar-refractivity contribution in [1.29, 1.82) is 0 Å². The lowest BCUT2D eigenvalue weighted by atomic mass is 10.3. The Labute approximate surface area is 133 Å². The molecule has 0 spiro atoms. The standard InChI is InChI=1S/C14H12BrFN2O2S/c15-8-4-5-11(9(16)6-8)20-7-13(19)18-14-17-10-2-1-3-12(10)21-14/h4-6H,1-3,7H2,(H,17,18,19). The average molecular weight is 371 g/mol. The van der Waals surface area contributed by atoms with Gasteiger partial charge in [-0.15, -0.1) is 11.3 Å². The molecule has 1 aliphatic rings. The predicted octanol–water partition coefficient (Wildman–Crippen LogP) is 3.55. The van der Waals surface area contributed by atoms with Crippen LogP contribution in [0.25, 0.3) is 0 Å². The SMILES string of the molecule is O=C(COc1ccc(Br)cc1F)Nc1nc2c(s1)CCC2. The zero-order valence-electron chi connectivity index (χ0n) is 11.0. The summed E-state index contributed by atoms with van der Waals surface area (Å²) in [5.74, 6) is -0.801. The van der Waals surface area contributed by atoms with E-state index in [-0.39, 0.29) is 18.3 Å². The van der Waals surface area contributed by atoms with Crippen molar-refractivity contribution in [3.63, 3.8) is 0 Å². The maximum atomic E-state index is 13.5. The normalized spacial score (nSPS) is 13.0. The first kappa shape index (κ1) is 14.5. The lowest BCUT2D eigenvalue weighted by molar-refractivity contribution is -0.118. The molecule has 1 aromatic carbocycles. The molecule has 0 radical (unpaired) electrons. The van der Waals surface area contributed by atoms with Gasteiger partial charge in [0, 0.05) is 9.35 Å². The highest BCUT2D eigenvalue weighted by atomic mass is 79.9. The van der Waals surface area contributed by atoms with Gasteiger partial charge in [-0.25, -0.2) is 9.37 Å². The Kier molecular flexibility index (Phi) is 4.21. The molecule has 0 bridgehead atoms. The molecule has 21 heavy (non-hydrogen) atoms. The van der Waals surface area contributed by atoms with Gasteiger partial charge in [0.2, 0.25) is 0 Å². The zero-order chi connectivity index (χ0) is 14.8. The second-order valence-electron chi connectivity index (χ2n) is 4.65. The van der Waals surface area contributed by atoms with Crippen molar-refractivity contribution < 1.29 is 13.9 Å². The minimum Gasteiger partial charge on any atom is -0.481 e. The maximum Gasteiger partial charge on any atom is 0.264 e. The van der Waals surface area contributed by atoms with E-state index in [4.69, 9.17) is 4.74 Å². The number of carbonyl (C=O) groups is 1. The lowest BCUT2D eigenvalue weighted by Crippen LogP contribution is -2.20. The van der Waals surface area contributed by atoms with Crippen LogP contribution in [0.5, 0.6) is 5.75 Å². The lowest BCUT2D eigenvalue weighted by Gasteiger charge is -2.07. The molecular formula is C14H12BrFN2O2S. The molecular weight excluding hydrogens is 359 g/mol. The summed E-state index contributed by atoms with van der Waals surface area (Å²) in [4.78, 5) is 17.4. The summed E-state index contributed by atoms with van der Waals surface area (Å²) < 4.78 is 19.3. The molecule has 0 fully saturated rings. The van der Waals surface area contributed by atoms with Crippen LogP contribution in [0.1, 0.15) is 17.0 Å². The highest BCUT2D eigenvalue weighted by Crippen LogP contribution is 2.30. The second-order valence-corrected chi connectivity index (χ2v) is 6.65. The average Bonchev–Trinajstić information content (AvgIpc) is 2.98. The smallest absolute Gasteiger partial charge is 0.264 e. The van der Waals surface area contributed by atoms with Gasteiger partial charge < -0.3 is 4.74 Å². The van der Waals surface area contributed by atoms with Crippen LogP contribution in [-0.4, -0.2) is 17.5 Å². The number of ether oxygens (including phenoxy) is 1. The Morgan fingerprint density at radius 2 is 2.33 bits per heavy atom. The molecule has 4 nitrogen and oxygen atoms in total. The molecule has 110 valence electrons. The van der Waals surface area contributed by atoms with E-state index in [0.717, 1.165) is 25.0 Å². The summed E-state index contributed by atoms with van der Waals surface area (Å²) >= 11 is 4.66. The van der Waals surface area contributed by atoms with Crippen LogP contribution >= 0.6 is 27.3 Å². The fourth-order valence-electron chi connectivity index (χ4n) is 2.13. The fourth-order valence-corrected chi connectivity index (χ4v) is 3.53. The monoisotopic (exact) mass is 370 g/mol. The first-order valence-corrected chi connectivity index (χ1v) is 8.09. The number of fused-ring (bicyclic) bond motifs is 1. The Morgan fingerprint density at radius 1 is 1.48 bits per heavy atom. The van der Waals surface area contributed by atoms with Gasteiger partial charge in [0.1, 0.15) is 0 Å². The number of aromatic nitrogens is 1. The molecule has 2 aromatic rings. The van der Waals surface area contributed by atoms with E-state index in [9.17, 15) is 9.18 Å². The Hall–Kier alpha value is -1.47. The predicted molar refractivity (Wildman–Crippen MR) is 82.4 cm³/mol. The summed E-state index contributed by atoms with van der Waals surface area (Å²) in [5.41, 5.74) is 1.08. The van der Waals surface area contributed by atoms with Gasteiger partial charge >= 0.3 is 0 Å². The van der Waals surface area contributed by atoms with Crippen LogP contribution in [-0.2, 0) is 17.6 Å². The van der Waals surface area contributed by atoms with Crippen molar-refractivity contribution in [2.24, 2.45) is 0 Å². The van der Waals surface area contributed by atoms with Crippen LogP contribution in [0.3, 0.4) is 0 Å². The molecule has 0 aliphatic heterocycles. The molecule has 7 heteroatoms. The van der Waals surface area contributed by atoms with Gasteiger partial charge in [-0.1, -0.05) is 15.9 Å². The number of benzene rings is 1. The van der Waals surface area contributed by atoms with Gasteiger partial charge in [0.15, 0.2) is 23.3 Å².